The first-order valence-electron chi connectivity index (χ1n) is 10.6. The Labute approximate surface area is 191 Å². The molecule has 0 saturated heterocycles. The number of unbranched alkanes of at least 4 members (excludes halogenated alkanes) is 1. The summed E-state index contributed by atoms with van der Waals surface area (Å²) in [6.07, 6.45) is 0.195. The monoisotopic (exact) mass is 467 g/mol. The molecule has 0 fully saturated rings. The summed E-state index contributed by atoms with van der Waals surface area (Å²) in [6, 6.07) is 2.42. The molecule has 0 spiro atoms. The fourth-order valence-electron chi connectivity index (χ4n) is 2.85. The summed E-state index contributed by atoms with van der Waals surface area (Å²) in [5.74, 6) is -3.36. The van der Waals surface area contributed by atoms with Crippen molar-refractivity contribution in [2.45, 2.75) is 56.8 Å². The molecule has 0 saturated carbocycles. The molecule has 12 heteroatoms. The number of carbonyl (C=O) groups excluding carboxylic acids is 3. The third-order valence-corrected chi connectivity index (χ3v) is 4.84. The van der Waals surface area contributed by atoms with Crippen LogP contribution in [0, 0.1) is 0 Å². The number of nitrogens with one attached hydrogen (secondary N) is 3. The van der Waals surface area contributed by atoms with E-state index in [0.29, 0.717) is 24.9 Å². The summed E-state index contributed by atoms with van der Waals surface area (Å²) in [5.41, 5.74) is 11.6. The van der Waals surface area contributed by atoms with Gasteiger partial charge in [-0.05, 0) is 50.4 Å². The SMILES string of the molecule is CC(O)C(N)C(=O)NC(Cc1ccc(O)cc1)C(=O)NCC(=O)NC(CCCCN)C(=O)O. The minimum absolute atomic E-state index is 0.0167. The van der Waals surface area contributed by atoms with Gasteiger partial charge in [-0.1, -0.05) is 12.1 Å². The summed E-state index contributed by atoms with van der Waals surface area (Å²) < 4.78 is 0. The van der Waals surface area contributed by atoms with Gasteiger partial charge in [0.2, 0.25) is 17.7 Å². The number of carboxylic acid groups (broad SMARTS) is 1. The molecule has 3 amide bonds. The van der Waals surface area contributed by atoms with Crippen molar-refractivity contribution in [3.05, 3.63) is 29.8 Å². The molecule has 0 aliphatic rings. The largest absolute Gasteiger partial charge is 0.508 e. The molecule has 1 rings (SSSR count). The Hall–Kier alpha value is -3.22. The smallest absolute Gasteiger partial charge is 0.326 e. The second-order valence-electron chi connectivity index (χ2n) is 7.66. The average Bonchev–Trinajstić information content (AvgIpc) is 2.77. The molecule has 184 valence electrons. The van der Waals surface area contributed by atoms with Gasteiger partial charge >= 0.3 is 5.97 Å². The van der Waals surface area contributed by atoms with Crippen molar-refractivity contribution >= 4 is 23.7 Å². The lowest BCUT2D eigenvalue weighted by Gasteiger charge is -2.22. The molecule has 4 unspecified atom stereocenters. The van der Waals surface area contributed by atoms with Gasteiger partial charge in [0.05, 0.1) is 12.6 Å². The Kier molecular flexibility index (Phi) is 11.8. The van der Waals surface area contributed by atoms with Crippen LogP contribution in [-0.4, -0.2) is 76.3 Å². The Morgan fingerprint density at radius 2 is 1.64 bits per heavy atom. The van der Waals surface area contributed by atoms with Crippen molar-refractivity contribution in [2.75, 3.05) is 13.1 Å². The Balaban J connectivity index is 2.78. The number of aliphatic hydroxyl groups excluding tert-OH is 1. The molecule has 0 aliphatic heterocycles. The molecule has 12 nitrogen and oxygen atoms in total. The van der Waals surface area contributed by atoms with E-state index in [9.17, 15) is 34.5 Å². The van der Waals surface area contributed by atoms with Crippen LogP contribution < -0.4 is 27.4 Å². The van der Waals surface area contributed by atoms with Gasteiger partial charge in [-0.2, -0.15) is 0 Å². The number of aromatic hydroxyl groups is 1. The highest BCUT2D eigenvalue weighted by molar-refractivity contribution is 5.92. The molecule has 0 radical (unpaired) electrons. The van der Waals surface area contributed by atoms with Gasteiger partial charge in [-0.15, -0.1) is 0 Å². The topological polar surface area (TPSA) is 217 Å². The summed E-state index contributed by atoms with van der Waals surface area (Å²) >= 11 is 0. The second-order valence-corrected chi connectivity index (χ2v) is 7.66. The molecule has 1 aromatic carbocycles. The van der Waals surface area contributed by atoms with Crippen LogP contribution >= 0.6 is 0 Å². The molecule has 0 bridgehead atoms. The van der Waals surface area contributed by atoms with Crippen LogP contribution in [0.3, 0.4) is 0 Å². The van der Waals surface area contributed by atoms with Crippen molar-refractivity contribution in [1.29, 1.82) is 0 Å². The zero-order chi connectivity index (χ0) is 25.0. The van der Waals surface area contributed by atoms with Crippen LogP contribution in [0.1, 0.15) is 31.7 Å². The number of phenolic OH excluding ortho intramolecular Hbond substituents is 1. The number of nitrogens with two attached hydrogens (primary N) is 2. The number of carboxylic acids is 1. The molecule has 4 atom stereocenters. The summed E-state index contributed by atoms with van der Waals surface area (Å²) in [5, 5.41) is 35.3. The van der Waals surface area contributed by atoms with Gasteiger partial charge in [-0.3, -0.25) is 14.4 Å². The highest BCUT2D eigenvalue weighted by Crippen LogP contribution is 2.11. The van der Waals surface area contributed by atoms with Crippen LogP contribution in [0.2, 0.25) is 0 Å². The molecule has 0 aliphatic carbocycles. The third-order valence-electron chi connectivity index (χ3n) is 4.84. The lowest BCUT2D eigenvalue weighted by atomic mass is 10.0. The minimum Gasteiger partial charge on any atom is -0.508 e. The number of aliphatic carboxylic acids is 1. The number of phenols is 1. The first-order valence-corrected chi connectivity index (χ1v) is 10.6. The van der Waals surface area contributed by atoms with Gasteiger partial charge in [0.1, 0.15) is 23.9 Å². The number of amides is 3. The second kappa shape index (κ2) is 14.0. The Bertz CT molecular complexity index is 801. The Morgan fingerprint density at radius 3 is 2.18 bits per heavy atom. The van der Waals surface area contributed by atoms with E-state index < -0.39 is 54.5 Å². The number of hydrogen-bond donors (Lipinski definition) is 8. The fraction of sp³-hybridized carbons (Fsp3) is 0.524. The van der Waals surface area contributed by atoms with Gasteiger partial charge in [0, 0.05) is 6.42 Å². The number of aliphatic hydroxyl groups is 1. The number of rotatable bonds is 14. The Morgan fingerprint density at radius 1 is 1.00 bits per heavy atom. The zero-order valence-corrected chi connectivity index (χ0v) is 18.5. The van der Waals surface area contributed by atoms with Crippen molar-refractivity contribution < 1.29 is 34.5 Å². The predicted octanol–water partition coefficient (Wildman–Crippen LogP) is -2.06. The maximum Gasteiger partial charge on any atom is 0.326 e. The van der Waals surface area contributed by atoms with Gasteiger partial charge in [0.15, 0.2) is 0 Å². The standard InChI is InChI=1S/C21H33N5O7/c1-12(27)18(23)20(31)26-16(10-13-5-7-14(28)8-6-13)19(30)24-11-17(29)25-15(21(32)33)4-2-3-9-22/h5-8,12,15-16,18,27-28H,2-4,9-11,22-23H2,1H3,(H,24,30)(H,25,29)(H,26,31)(H,32,33). The van der Waals surface area contributed by atoms with E-state index in [-0.39, 0.29) is 18.6 Å². The van der Waals surface area contributed by atoms with E-state index in [4.69, 9.17) is 11.5 Å². The summed E-state index contributed by atoms with van der Waals surface area (Å²) in [6.45, 7) is 1.23. The number of hydrogen-bond acceptors (Lipinski definition) is 8. The van der Waals surface area contributed by atoms with E-state index in [2.05, 4.69) is 16.0 Å². The first kappa shape index (κ1) is 27.8. The maximum absolute atomic E-state index is 12.7. The van der Waals surface area contributed by atoms with E-state index in [0.717, 1.165) is 0 Å². The molecule has 1 aromatic rings. The molecular formula is C21H33N5O7. The van der Waals surface area contributed by atoms with Gasteiger partial charge < -0.3 is 42.7 Å². The minimum atomic E-state index is -1.27. The lowest BCUT2D eigenvalue weighted by molar-refractivity contribution is -0.142. The summed E-state index contributed by atoms with van der Waals surface area (Å²) in [7, 11) is 0. The van der Waals surface area contributed by atoms with Crippen molar-refractivity contribution in [3.63, 3.8) is 0 Å². The molecule has 33 heavy (non-hydrogen) atoms. The number of carbonyl (C=O) groups is 4. The quantitative estimate of drug-likeness (QED) is 0.141. The van der Waals surface area contributed by atoms with Crippen LogP contribution in [0.15, 0.2) is 24.3 Å². The van der Waals surface area contributed by atoms with Gasteiger partial charge in [-0.25, -0.2) is 4.79 Å². The first-order chi connectivity index (χ1) is 15.5. The molecular weight excluding hydrogens is 434 g/mol. The zero-order valence-electron chi connectivity index (χ0n) is 18.5. The van der Waals surface area contributed by atoms with Crippen molar-refractivity contribution in [1.82, 2.24) is 16.0 Å². The van der Waals surface area contributed by atoms with E-state index in [1.54, 1.807) is 12.1 Å². The van der Waals surface area contributed by atoms with Gasteiger partial charge in [0.25, 0.3) is 0 Å². The highest BCUT2D eigenvalue weighted by atomic mass is 16.4. The number of benzene rings is 1. The third kappa shape index (κ3) is 10.3. The highest BCUT2D eigenvalue weighted by Gasteiger charge is 2.27. The van der Waals surface area contributed by atoms with Crippen LogP contribution in [0.25, 0.3) is 0 Å². The van der Waals surface area contributed by atoms with Crippen LogP contribution in [0.4, 0.5) is 0 Å². The van der Waals surface area contributed by atoms with E-state index >= 15 is 0 Å². The predicted molar refractivity (Wildman–Crippen MR) is 119 cm³/mol. The molecule has 10 N–H and O–H groups in total. The maximum atomic E-state index is 12.7. The van der Waals surface area contributed by atoms with Crippen molar-refractivity contribution in [3.8, 4) is 5.75 Å². The molecule has 0 aromatic heterocycles. The summed E-state index contributed by atoms with van der Waals surface area (Å²) in [4.78, 5) is 48.4. The lowest BCUT2D eigenvalue weighted by Crippen LogP contribution is -2.56. The molecule has 0 heterocycles. The van der Waals surface area contributed by atoms with Crippen LogP contribution in [-0.2, 0) is 25.6 Å². The van der Waals surface area contributed by atoms with E-state index in [1.165, 1.54) is 19.1 Å². The van der Waals surface area contributed by atoms with Crippen LogP contribution in [0.5, 0.6) is 5.75 Å². The average molecular weight is 468 g/mol. The fourth-order valence-corrected chi connectivity index (χ4v) is 2.85. The van der Waals surface area contributed by atoms with Crippen molar-refractivity contribution in [2.24, 2.45) is 11.5 Å². The van der Waals surface area contributed by atoms with E-state index in [1.807, 2.05) is 0 Å². The normalized spacial score (nSPS) is 14.4.